The molecule has 1 heterocycles. The average molecular weight is 269 g/mol. The zero-order valence-corrected chi connectivity index (χ0v) is 11.4. The second-order valence-corrected chi connectivity index (χ2v) is 6.49. The SMILES string of the molecule is Cc1cccc(S(=O)(=O)NCC2CCOCC2)c1. The summed E-state index contributed by atoms with van der Waals surface area (Å²) in [5.41, 5.74) is 0.948. The van der Waals surface area contributed by atoms with E-state index in [9.17, 15) is 8.42 Å². The zero-order chi connectivity index (χ0) is 13.0. The Morgan fingerprint density at radius 1 is 1.33 bits per heavy atom. The molecule has 0 radical (unpaired) electrons. The fraction of sp³-hybridized carbons (Fsp3) is 0.538. The molecule has 4 nitrogen and oxygen atoms in total. The van der Waals surface area contributed by atoms with Crippen LogP contribution in [0.1, 0.15) is 18.4 Å². The second kappa shape index (κ2) is 5.82. The molecule has 1 aliphatic rings. The third-order valence-electron chi connectivity index (χ3n) is 3.20. The van der Waals surface area contributed by atoms with Gasteiger partial charge in [0.05, 0.1) is 4.90 Å². The summed E-state index contributed by atoms with van der Waals surface area (Å²) >= 11 is 0. The van der Waals surface area contributed by atoms with Gasteiger partial charge in [-0.25, -0.2) is 13.1 Å². The Balaban J connectivity index is 1.98. The van der Waals surface area contributed by atoms with Crippen LogP contribution in [0.25, 0.3) is 0 Å². The third-order valence-corrected chi connectivity index (χ3v) is 4.62. The van der Waals surface area contributed by atoms with Gasteiger partial charge in [0.1, 0.15) is 0 Å². The van der Waals surface area contributed by atoms with Gasteiger partial charge < -0.3 is 4.74 Å². The molecule has 1 fully saturated rings. The molecule has 1 aromatic carbocycles. The van der Waals surface area contributed by atoms with Gasteiger partial charge in [0.25, 0.3) is 0 Å². The van der Waals surface area contributed by atoms with Crippen LogP contribution in [0, 0.1) is 12.8 Å². The lowest BCUT2D eigenvalue weighted by Crippen LogP contribution is -2.32. The summed E-state index contributed by atoms with van der Waals surface area (Å²) in [4.78, 5) is 0.342. The van der Waals surface area contributed by atoms with E-state index in [1.54, 1.807) is 18.2 Å². The summed E-state index contributed by atoms with van der Waals surface area (Å²) in [6.07, 6.45) is 1.85. The highest BCUT2D eigenvalue weighted by Crippen LogP contribution is 2.15. The Morgan fingerprint density at radius 2 is 2.06 bits per heavy atom. The van der Waals surface area contributed by atoms with Crippen LogP contribution in [-0.2, 0) is 14.8 Å². The maximum absolute atomic E-state index is 12.1. The first-order valence-corrected chi connectivity index (χ1v) is 7.70. The van der Waals surface area contributed by atoms with Crippen LogP contribution < -0.4 is 4.72 Å². The van der Waals surface area contributed by atoms with Crippen molar-refractivity contribution in [3.05, 3.63) is 29.8 Å². The maximum atomic E-state index is 12.1. The molecular weight excluding hydrogens is 250 g/mol. The quantitative estimate of drug-likeness (QED) is 0.905. The van der Waals surface area contributed by atoms with Crippen molar-refractivity contribution >= 4 is 10.0 Å². The standard InChI is InChI=1S/C13H19NO3S/c1-11-3-2-4-13(9-11)18(15,16)14-10-12-5-7-17-8-6-12/h2-4,9,12,14H,5-8,10H2,1H3. The van der Waals surface area contributed by atoms with Crippen molar-refractivity contribution in [2.75, 3.05) is 19.8 Å². The highest BCUT2D eigenvalue weighted by molar-refractivity contribution is 7.89. The van der Waals surface area contributed by atoms with Gasteiger partial charge in [-0.05, 0) is 43.4 Å². The van der Waals surface area contributed by atoms with Crippen molar-refractivity contribution < 1.29 is 13.2 Å². The molecule has 0 aliphatic carbocycles. The number of hydrogen-bond acceptors (Lipinski definition) is 3. The molecule has 0 atom stereocenters. The van der Waals surface area contributed by atoms with Crippen LogP contribution in [0.5, 0.6) is 0 Å². The Hall–Kier alpha value is -0.910. The largest absolute Gasteiger partial charge is 0.381 e. The van der Waals surface area contributed by atoms with Gasteiger partial charge in [-0.3, -0.25) is 0 Å². The molecule has 5 heteroatoms. The minimum atomic E-state index is -3.37. The van der Waals surface area contributed by atoms with E-state index in [4.69, 9.17) is 4.74 Å². The number of ether oxygens (including phenoxy) is 1. The number of aryl methyl sites for hydroxylation is 1. The molecule has 1 aliphatic heterocycles. The van der Waals surface area contributed by atoms with E-state index in [1.165, 1.54) is 0 Å². The first-order valence-electron chi connectivity index (χ1n) is 6.22. The van der Waals surface area contributed by atoms with Crippen LogP contribution in [0.3, 0.4) is 0 Å². The monoisotopic (exact) mass is 269 g/mol. The molecular formula is C13H19NO3S. The van der Waals surface area contributed by atoms with Crippen molar-refractivity contribution in [3.8, 4) is 0 Å². The summed E-state index contributed by atoms with van der Waals surface area (Å²) in [7, 11) is -3.37. The van der Waals surface area contributed by atoms with E-state index in [0.29, 0.717) is 17.4 Å². The predicted molar refractivity (Wildman–Crippen MR) is 69.9 cm³/mol. The normalized spacial score (nSPS) is 17.8. The predicted octanol–water partition coefficient (Wildman–Crippen LogP) is 1.70. The molecule has 1 aromatic rings. The van der Waals surface area contributed by atoms with E-state index in [0.717, 1.165) is 31.6 Å². The maximum Gasteiger partial charge on any atom is 0.240 e. The van der Waals surface area contributed by atoms with Crippen molar-refractivity contribution in [3.63, 3.8) is 0 Å². The van der Waals surface area contributed by atoms with Crippen LogP contribution in [-0.4, -0.2) is 28.2 Å². The topological polar surface area (TPSA) is 55.4 Å². The Bertz CT molecular complexity index is 493. The average Bonchev–Trinajstić information content (AvgIpc) is 2.38. The van der Waals surface area contributed by atoms with Crippen molar-refractivity contribution in [2.45, 2.75) is 24.7 Å². The summed E-state index contributed by atoms with van der Waals surface area (Å²) in [6, 6.07) is 6.96. The van der Waals surface area contributed by atoms with Gasteiger partial charge in [0.2, 0.25) is 10.0 Å². The molecule has 2 rings (SSSR count). The molecule has 0 bridgehead atoms. The smallest absolute Gasteiger partial charge is 0.240 e. The van der Waals surface area contributed by atoms with Crippen LogP contribution in [0.15, 0.2) is 29.2 Å². The lowest BCUT2D eigenvalue weighted by atomic mass is 10.0. The highest BCUT2D eigenvalue weighted by atomic mass is 32.2. The lowest BCUT2D eigenvalue weighted by Gasteiger charge is -2.22. The third kappa shape index (κ3) is 3.54. The van der Waals surface area contributed by atoms with Gasteiger partial charge in [-0.2, -0.15) is 0 Å². The van der Waals surface area contributed by atoms with E-state index in [1.807, 2.05) is 13.0 Å². The highest BCUT2D eigenvalue weighted by Gasteiger charge is 2.18. The molecule has 1 N–H and O–H groups in total. The second-order valence-electron chi connectivity index (χ2n) is 4.72. The minimum absolute atomic E-state index is 0.342. The first-order chi connectivity index (χ1) is 8.58. The molecule has 0 aromatic heterocycles. The van der Waals surface area contributed by atoms with Crippen molar-refractivity contribution in [2.24, 2.45) is 5.92 Å². The molecule has 0 saturated carbocycles. The van der Waals surface area contributed by atoms with Crippen molar-refractivity contribution in [1.29, 1.82) is 0 Å². The van der Waals surface area contributed by atoms with E-state index in [2.05, 4.69) is 4.72 Å². The van der Waals surface area contributed by atoms with Crippen LogP contribution in [0.4, 0.5) is 0 Å². The summed E-state index contributed by atoms with van der Waals surface area (Å²) in [5, 5.41) is 0. The van der Waals surface area contributed by atoms with Crippen LogP contribution in [0.2, 0.25) is 0 Å². The number of rotatable bonds is 4. The number of nitrogens with one attached hydrogen (secondary N) is 1. The fourth-order valence-corrected chi connectivity index (χ4v) is 3.26. The lowest BCUT2D eigenvalue weighted by molar-refractivity contribution is 0.0678. The molecule has 18 heavy (non-hydrogen) atoms. The van der Waals surface area contributed by atoms with Gasteiger partial charge in [-0.15, -0.1) is 0 Å². The summed E-state index contributed by atoms with van der Waals surface area (Å²) < 4.78 is 32.1. The first kappa shape index (κ1) is 13.5. The van der Waals surface area contributed by atoms with Gasteiger partial charge in [0, 0.05) is 19.8 Å². The fourth-order valence-electron chi connectivity index (χ4n) is 2.04. The van der Waals surface area contributed by atoms with Crippen molar-refractivity contribution in [1.82, 2.24) is 4.72 Å². The van der Waals surface area contributed by atoms with E-state index < -0.39 is 10.0 Å². The molecule has 100 valence electrons. The number of sulfonamides is 1. The molecule has 1 saturated heterocycles. The molecule has 0 unspecified atom stereocenters. The van der Waals surface area contributed by atoms with Gasteiger partial charge in [0.15, 0.2) is 0 Å². The van der Waals surface area contributed by atoms with Crippen LogP contribution >= 0.6 is 0 Å². The zero-order valence-electron chi connectivity index (χ0n) is 10.6. The Labute approximate surface area is 108 Å². The summed E-state index contributed by atoms with van der Waals surface area (Å²) in [5.74, 6) is 0.387. The summed E-state index contributed by atoms with van der Waals surface area (Å²) in [6.45, 7) is 3.85. The van der Waals surface area contributed by atoms with Gasteiger partial charge >= 0.3 is 0 Å². The number of hydrogen-bond donors (Lipinski definition) is 1. The van der Waals surface area contributed by atoms with Gasteiger partial charge in [-0.1, -0.05) is 12.1 Å². The minimum Gasteiger partial charge on any atom is -0.381 e. The van der Waals surface area contributed by atoms with E-state index in [-0.39, 0.29) is 0 Å². The number of benzene rings is 1. The Morgan fingerprint density at radius 3 is 2.72 bits per heavy atom. The Kier molecular flexibility index (Phi) is 4.37. The molecule has 0 amide bonds. The molecule has 0 spiro atoms. The van der Waals surface area contributed by atoms with E-state index >= 15 is 0 Å².